The summed E-state index contributed by atoms with van der Waals surface area (Å²) < 4.78 is 13.5. The zero-order valence-electron chi connectivity index (χ0n) is 9.13. The minimum atomic E-state index is -1.34. The predicted octanol–water partition coefficient (Wildman–Crippen LogP) is 2.65. The van der Waals surface area contributed by atoms with Crippen LogP contribution < -0.4 is 5.73 Å². The lowest BCUT2D eigenvalue weighted by atomic mass is 10.2. The van der Waals surface area contributed by atoms with Crippen LogP contribution in [0, 0.1) is 5.82 Å². The van der Waals surface area contributed by atoms with E-state index in [0.29, 0.717) is 9.92 Å². The van der Waals surface area contributed by atoms with Gasteiger partial charge in [-0.05, 0) is 24.3 Å². The summed E-state index contributed by atoms with van der Waals surface area (Å²) in [5.41, 5.74) is 5.48. The number of nitrogen functional groups attached to an aromatic ring is 1. The molecule has 0 aliphatic heterocycles. The lowest BCUT2D eigenvalue weighted by Gasteiger charge is -2.06. The summed E-state index contributed by atoms with van der Waals surface area (Å²) in [6.07, 6.45) is 1.61. The number of pyridine rings is 1. The quantitative estimate of drug-likeness (QED) is 0.833. The second-order valence-corrected chi connectivity index (χ2v) is 4.51. The highest BCUT2D eigenvalue weighted by Gasteiger charge is 2.14. The van der Waals surface area contributed by atoms with E-state index in [1.54, 1.807) is 24.4 Å². The number of aromatic carboxylic acids is 1. The van der Waals surface area contributed by atoms with Gasteiger partial charge in [-0.2, -0.15) is 0 Å². The van der Waals surface area contributed by atoms with E-state index in [1.807, 2.05) is 0 Å². The minimum absolute atomic E-state index is 0.212. The van der Waals surface area contributed by atoms with Crippen LogP contribution in [0.1, 0.15) is 10.4 Å². The summed E-state index contributed by atoms with van der Waals surface area (Å²) in [5, 5.41) is 9.41. The van der Waals surface area contributed by atoms with Crippen molar-refractivity contribution in [3.05, 3.63) is 47.9 Å². The van der Waals surface area contributed by atoms with Crippen LogP contribution in [0.4, 0.5) is 10.1 Å². The number of nitrogens with zero attached hydrogens (tertiary/aromatic N) is 1. The van der Waals surface area contributed by atoms with Gasteiger partial charge in [0.1, 0.15) is 10.8 Å². The maximum absolute atomic E-state index is 13.5. The molecule has 0 atom stereocenters. The molecule has 4 nitrogen and oxygen atoms in total. The maximum Gasteiger partial charge on any atom is 0.338 e. The number of nitrogens with two attached hydrogens (primary N) is 1. The average Bonchev–Trinajstić information content (AvgIpc) is 2.34. The summed E-state index contributed by atoms with van der Waals surface area (Å²) in [5.74, 6) is -2.15. The molecule has 2 aromatic rings. The first kappa shape index (κ1) is 12.4. The Bertz CT molecular complexity index is 590. The molecule has 0 saturated heterocycles. The first-order valence-corrected chi connectivity index (χ1v) is 5.81. The number of halogens is 1. The zero-order chi connectivity index (χ0) is 13.1. The summed E-state index contributed by atoms with van der Waals surface area (Å²) in [7, 11) is 0. The third-order valence-corrected chi connectivity index (χ3v) is 3.21. The lowest BCUT2D eigenvalue weighted by Crippen LogP contribution is -2.03. The number of aromatic nitrogens is 1. The Balaban J connectivity index is 2.35. The number of carbonyl (C=O) groups is 1. The average molecular weight is 264 g/mol. The normalized spacial score (nSPS) is 10.3. The van der Waals surface area contributed by atoms with E-state index in [2.05, 4.69) is 4.98 Å². The highest BCUT2D eigenvalue weighted by molar-refractivity contribution is 7.99. The SMILES string of the molecule is Nc1cc(C(=O)O)c(F)cc1Sc1ccccn1. The molecule has 0 saturated carbocycles. The standard InChI is InChI=1S/C12H9FN2O2S/c13-8-6-10(9(14)5-7(8)12(16)17)18-11-3-1-2-4-15-11/h1-6H,14H2,(H,16,17). The van der Waals surface area contributed by atoms with Crippen LogP contribution >= 0.6 is 11.8 Å². The molecule has 0 amide bonds. The van der Waals surface area contributed by atoms with Crippen molar-refractivity contribution >= 4 is 23.4 Å². The zero-order valence-corrected chi connectivity index (χ0v) is 9.95. The fourth-order valence-electron chi connectivity index (χ4n) is 1.34. The van der Waals surface area contributed by atoms with Crippen molar-refractivity contribution < 1.29 is 14.3 Å². The van der Waals surface area contributed by atoms with Gasteiger partial charge in [0.15, 0.2) is 0 Å². The van der Waals surface area contributed by atoms with E-state index in [4.69, 9.17) is 10.8 Å². The fourth-order valence-corrected chi connectivity index (χ4v) is 2.17. The number of carboxylic acid groups (broad SMARTS) is 1. The van der Waals surface area contributed by atoms with Gasteiger partial charge in [0.25, 0.3) is 0 Å². The van der Waals surface area contributed by atoms with Gasteiger partial charge in [0, 0.05) is 16.8 Å². The molecule has 1 aromatic heterocycles. The summed E-state index contributed by atoms with van der Waals surface area (Å²) in [6.45, 7) is 0. The molecule has 0 bridgehead atoms. The van der Waals surface area contributed by atoms with E-state index >= 15 is 0 Å². The first-order valence-electron chi connectivity index (χ1n) is 4.99. The van der Waals surface area contributed by atoms with E-state index in [9.17, 15) is 9.18 Å². The number of benzene rings is 1. The molecule has 0 radical (unpaired) electrons. The molecule has 2 rings (SSSR count). The highest BCUT2D eigenvalue weighted by atomic mass is 32.2. The molecule has 0 aliphatic rings. The molecule has 6 heteroatoms. The maximum atomic E-state index is 13.5. The van der Waals surface area contributed by atoms with Gasteiger partial charge in [-0.1, -0.05) is 17.8 Å². The molecule has 0 aliphatic carbocycles. The Morgan fingerprint density at radius 3 is 2.78 bits per heavy atom. The van der Waals surface area contributed by atoms with Crippen LogP contribution in [-0.2, 0) is 0 Å². The van der Waals surface area contributed by atoms with Crippen LogP contribution in [0.3, 0.4) is 0 Å². The molecule has 92 valence electrons. The van der Waals surface area contributed by atoms with E-state index < -0.39 is 17.3 Å². The van der Waals surface area contributed by atoms with Gasteiger partial charge >= 0.3 is 5.97 Å². The van der Waals surface area contributed by atoms with Crippen LogP contribution in [0.5, 0.6) is 0 Å². The molecule has 0 unspecified atom stereocenters. The van der Waals surface area contributed by atoms with Crippen LogP contribution in [0.25, 0.3) is 0 Å². The Morgan fingerprint density at radius 1 is 1.39 bits per heavy atom. The second-order valence-electron chi connectivity index (χ2n) is 3.45. The monoisotopic (exact) mass is 264 g/mol. The molecular weight excluding hydrogens is 255 g/mol. The van der Waals surface area contributed by atoms with Crippen molar-refractivity contribution in [2.45, 2.75) is 9.92 Å². The summed E-state index contributed by atoms with van der Waals surface area (Å²) >= 11 is 1.18. The minimum Gasteiger partial charge on any atom is -0.478 e. The van der Waals surface area contributed by atoms with Crippen molar-refractivity contribution in [3.63, 3.8) is 0 Å². The fraction of sp³-hybridized carbons (Fsp3) is 0. The smallest absolute Gasteiger partial charge is 0.338 e. The number of hydrogen-bond acceptors (Lipinski definition) is 4. The van der Waals surface area contributed by atoms with E-state index in [0.717, 1.165) is 12.1 Å². The molecule has 1 heterocycles. The van der Waals surface area contributed by atoms with Crippen LogP contribution in [0.2, 0.25) is 0 Å². The second kappa shape index (κ2) is 5.05. The van der Waals surface area contributed by atoms with Gasteiger partial charge in [-0.25, -0.2) is 14.2 Å². The summed E-state index contributed by atoms with van der Waals surface area (Å²) in [6, 6.07) is 7.54. The van der Waals surface area contributed by atoms with Crippen molar-refractivity contribution in [2.75, 3.05) is 5.73 Å². The van der Waals surface area contributed by atoms with Crippen LogP contribution in [0.15, 0.2) is 46.5 Å². The molecule has 3 N–H and O–H groups in total. The number of rotatable bonds is 3. The van der Waals surface area contributed by atoms with Gasteiger partial charge in [0.05, 0.1) is 5.56 Å². The summed E-state index contributed by atoms with van der Waals surface area (Å²) in [4.78, 5) is 15.2. The van der Waals surface area contributed by atoms with E-state index in [-0.39, 0.29) is 5.69 Å². The van der Waals surface area contributed by atoms with Gasteiger partial charge < -0.3 is 10.8 Å². The van der Waals surface area contributed by atoms with Crippen molar-refractivity contribution in [2.24, 2.45) is 0 Å². The molecular formula is C12H9FN2O2S. The number of carboxylic acids is 1. The largest absolute Gasteiger partial charge is 0.478 e. The van der Waals surface area contributed by atoms with Gasteiger partial charge in [-0.3, -0.25) is 0 Å². The molecule has 1 aromatic carbocycles. The third-order valence-electron chi connectivity index (χ3n) is 2.18. The van der Waals surface area contributed by atoms with E-state index in [1.165, 1.54) is 11.8 Å². The lowest BCUT2D eigenvalue weighted by molar-refractivity contribution is 0.0692. The Morgan fingerprint density at radius 2 is 2.17 bits per heavy atom. The molecule has 18 heavy (non-hydrogen) atoms. The Hall–Kier alpha value is -2.08. The van der Waals surface area contributed by atoms with Crippen molar-refractivity contribution in [3.8, 4) is 0 Å². The third kappa shape index (κ3) is 2.60. The van der Waals surface area contributed by atoms with Crippen molar-refractivity contribution in [1.82, 2.24) is 4.98 Å². The van der Waals surface area contributed by atoms with Gasteiger partial charge in [-0.15, -0.1) is 0 Å². The highest BCUT2D eigenvalue weighted by Crippen LogP contribution is 2.32. The van der Waals surface area contributed by atoms with Gasteiger partial charge in [0.2, 0.25) is 0 Å². The van der Waals surface area contributed by atoms with Crippen molar-refractivity contribution in [1.29, 1.82) is 0 Å². The molecule has 0 fully saturated rings. The number of anilines is 1. The Kier molecular flexibility index (Phi) is 3.47. The topological polar surface area (TPSA) is 76.2 Å². The number of hydrogen-bond donors (Lipinski definition) is 2. The predicted molar refractivity (Wildman–Crippen MR) is 66.1 cm³/mol. The Labute approximate surface area is 107 Å². The first-order chi connectivity index (χ1) is 8.58. The molecule has 0 spiro atoms. The van der Waals surface area contributed by atoms with Crippen LogP contribution in [-0.4, -0.2) is 16.1 Å².